The van der Waals surface area contributed by atoms with Gasteiger partial charge in [0.1, 0.15) is 0 Å². The van der Waals surface area contributed by atoms with Crippen molar-refractivity contribution in [3.8, 4) is 0 Å². The summed E-state index contributed by atoms with van der Waals surface area (Å²) < 4.78 is 26.1. The lowest BCUT2D eigenvalue weighted by Crippen LogP contribution is -2.52. The zero-order chi connectivity index (χ0) is 19.8. The first kappa shape index (κ1) is 18.8. The van der Waals surface area contributed by atoms with Gasteiger partial charge < -0.3 is 9.80 Å². The van der Waals surface area contributed by atoms with Crippen molar-refractivity contribution in [3.63, 3.8) is 0 Å². The van der Waals surface area contributed by atoms with Crippen molar-refractivity contribution in [2.24, 2.45) is 0 Å². The Bertz CT molecular complexity index is 940. The number of likely N-dealkylation sites (N-methyl/N-ethyl adjacent to an activating group) is 1. The first-order valence-corrected chi connectivity index (χ1v) is 9.45. The lowest BCUT2D eigenvalue weighted by Gasteiger charge is -2.38. The van der Waals surface area contributed by atoms with E-state index >= 15 is 0 Å². The number of hydrogen-bond donors (Lipinski definition) is 0. The Morgan fingerprint density at radius 3 is 2.54 bits per heavy atom. The van der Waals surface area contributed by atoms with Crippen LogP contribution >= 0.6 is 0 Å². The molecule has 0 saturated carbocycles. The van der Waals surface area contributed by atoms with Crippen molar-refractivity contribution < 1.29 is 13.6 Å². The van der Waals surface area contributed by atoms with Gasteiger partial charge in [-0.25, -0.2) is 13.8 Å². The number of anilines is 1. The predicted molar refractivity (Wildman–Crippen MR) is 102 cm³/mol. The first-order valence-electron chi connectivity index (χ1n) is 9.45. The van der Waals surface area contributed by atoms with Gasteiger partial charge in [-0.15, -0.1) is 0 Å². The number of alkyl halides is 2. The van der Waals surface area contributed by atoms with Crippen LogP contribution in [0, 0.1) is 0 Å². The Morgan fingerprint density at radius 1 is 1.14 bits per heavy atom. The monoisotopic (exact) mass is 391 g/mol. The molecule has 0 aliphatic carbocycles. The molecule has 2 saturated heterocycles. The fourth-order valence-electron chi connectivity index (χ4n) is 4.06. The fraction of sp³-hybridized carbons (Fsp3) is 0.526. The molecule has 4 rings (SSSR count). The van der Waals surface area contributed by atoms with Gasteiger partial charge in [-0.2, -0.15) is 0 Å². The fourth-order valence-corrected chi connectivity index (χ4v) is 4.06. The van der Waals surface area contributed by atoms with E-state index in [1.807, 2.05) is 19.2 Å². The van der Waals surface area contributed by atoms with Gasteiger partial charge in [0, 0.05) is 45.5 Å². The molecule has 2 aliphatic heterocycles. The molecule has 1 atom stereocenters. The molecular weight excluding hydrogens is 368 g/mol. The summed E-state index contributed by atoms with van der Waals surface area (Å²) in [5, 5.41) is 0.338. The molecule has 3 heterocycles. The zero-order valence-corrected chi connectivity index (χ0v) is 15.7. The Morgan fingerprint density at radius 2 is 1.89 bits per heavy atom. The first-order chi connectivity index (χ1) is 13.4. The minimum atomic E-state index is -2.60. The molecule has 1 aromatic carbocycles. The van der Waals surface area contributed by atoms with E-state index in [-0.39, 0.29) is 11.9 Å². The van der Waals surface area contributed by atoms with E-state index in [0.717, 1.165) is 49.4 Å². The van der Waals surface area contributed by atoms with Crippen LogP contribution < -0.4 is 10.5 Å². The predicted octanol–water partition coefficient (Wildman–Crippen LogP) is 1.01. The van der Waals surface area contributed by atoms with Crippen molar-refractivity contribution in [1.29, 1.82) is 0 Å². The summed E-state index contributed by atoms with van der Waals surface area (Å²) in [5.41, 5.74) is 0.995. The number of halogens is 2. The van der Waals surface area contributed by atoms with Crippen molar-refractivity contribution in [1.82, 2.24) is 19.4 Å². The highest BCUT2D eigenvalue weighted by Gasteiger charge is 2.35. The normalized spacial score (nSPS) is 21.3. The molecule has 0 radical (unpaired) electrons. The summed E-state index contributed by atoms with van der Waals surface area (Å²) in [5.74, 6) is 0.198. The van der Waals surface area contributed by atoms with E-state index in [2.05, 4.69) is 14.8 Å². The van der Waals surface area contributed by atoms with Crippen LogP contribution in [0.5, 0.6) is 0 Å². The third kappa shape index (κ3) is 3.46. The van der Waals surface area contributed by atoms with Crippen LogP contribution in [0.15, 0.2) is 29.3 Å². The molecule has 7 nitrogen and oxygen atoms in total. The molecule has 0 spiro atoms. The van der Waals surface area contributed by atoms with E-state index in [1.54, 1.807) is 11.0 Å². The minimum absolute atomic E-state index is 0.0151. The molecule has 0 N–H and O–H groups in total. The maximum Gasteiger partial charge on any atom is 0.261 e. The highest BCUT2D eigenvalue weighted by atomic mass is 19.3. The molecule has 0 bridgehead atoms. The molecule has 1 unspecified atom stereocenters. The van der Waals surface area contributed by atoms with Crippen LogP contribution in [0.4, 0.5) is 14.5 Å². The molecule has 1 aromatic heterocycles. The number of carbonyl (C=O) groups excluding carboxylic acids is 1. The van der Waals surface area contributed by atoms with Gasteiger partial charge in [0.25, 0.3) is 12.0 Å². The Hall–Kier alpha value is -2.55. The SMILES string of the molecule is CN1CCC(N2CCN(c3ccc4c(=O)n(CC(F)F)cnc4c3)CC2)C1=O. The number of carbonyl (C=O) groups is 1. The number of aromatic nitrogens is 2. The van der Waals surface area contributed by atoms with Gasteiger partial charge in [0.05, 0.1) is 29.8 Å². The number of benzene rings is 1. The maximum absolute atomic E-state index is 12.6. The zero-order valence-electron chi connectivity index (χ0n) is 15.7. The number of amides is 1. The number of hydrogen-bond acceptors (Lipinski definition) is 5. The molecule has 2 fully saturated rings. The van der Waals surface area contributed by atoms with Gasteiger partial charge in [-0.05, 0) is 24.6 Å². The third-order valence-corrected chi connectivity index (χ3v) is 5.66. The van der Waals surface area contributed by atoms with Gasteiger partial charge in [-0.1, -0.05) is 0 Å². The summed E-state index contributed by atoms with van der Waals surface area (Å²) >= 11 is 0. The summed E-state index contributed by atoms with van der Waals surface area (Å²) in [6, 6.07) is 5.30. The number of nitrogens with zero attached hydrogens (tertiary/aromatic N) is 5. The summed E-state index contributed by atoms with van der Waals surface area (Å²) in [4.78, 5) is 35.0. The van der Waals surface area contributed by atoms with E-state index in [4.69, 9.17) is 0 Å². The second-order valence-corrected chi connectivity index (χ2v) is 7.38. The summed E-state index contributed by atoms with van der Waals surface area (Å²) in [7, 11) is 1.84. The Balaban J connectivity index is 1.48. The van der Waals surface area contributed by atoms with Crippen LogP contribution in [-0.4, -0.2) is 77.5 Å². The average Bonchev–Trinajstić information content (AvgIpc) is 3.02. The van der Waals surface area contributed by atoms with Gasteiger partial charge >= 0.3 is 0 Å². The molecule has 28 heavy (non-hydrogen) atoms. The maximum atomic E-state index is 12.6. The van der Waals surface area contributed by atoms with Crippen LogP contribution in [0.3, 0.4) is 0 Å². The minimum Gasteiger partial charge on any atom is -0.369 e. The average molecular weight is 391 g/mol. The standard InChI is InChI=1S/C19H23F2N5O2/c1-23-5-4-16(19(23)28)25-8-6-24(7-9-25)13-2-3-14-15(10-13)22-12-26(18(14)27)11-17(20)21/h2-3,10,12,16-17H,4-9,11H2,1H3. The summed E-state index contributed by atoms with van der Waals surface area (Å²) in [6.07, 6.45) is -0.542. The lowest BCUT2D eigenvalue weighted by atomic mass is 10.1. The van der Waals surface area contributed by atoms with E-state index in [1.165, 1.54) is 6.33 Å². The lowest BCUT2D eigenvalue weighted by molar-refractivity contribution is -0.131. The second-order valence-electron chi connectivity index (χ2n) is 7.38. The van der Waals surface area contributed by atoms with Crippen LogP contribution in [0.1, 0.15) is 6.42 Å². The number of rotatable bonds is 4. The molecule has 2 aliphatic rings. The number of likely N-dealkylation sites (tertiary alicyclic amines) is 1. The van der Waals surface area contributed by atoms with E-state index in [9.17, 15) is 18.4 Å². The molecule has 2 aromatic rings. The van der Waals surface area contributed by atoms with Crippen LogP contribution in [0.2, 0.25) is 0 Å². The highest BCUT2D eigenvalue weighted by molar-refractivity contribution is 5.84. The number of piperazine rings is 1. The van der Waals surface area contributed by atoms with E-state index < -0.39 is 18.5 Å². The topological polar surface area (TPSA) is 61.7 Å². The van der Waals surface area contributed by atoms with Gasteiger partial charge in [-0.3, -0.25) is 19.1 Å². The third-order valence-electron chi connectivity index (χ3n) is 5.66. The Labute approximate surface area is 161 Å². The highest BCUT2D eigenvalue weighted by Crippen LogP contribution is 2.23. The van der Waals surface area contributed by atoms with Gasteiger partial charge in [0.15, 0.2) is 0 Å². The molecule has 1 amide bonds. The molecular formula is C19H23F2N5O2. The smallest absolute Gasteiger partial charge is 0.261 e. The van der Waals surface area contributed by atoms with Crippen LogP contribution in [-0.2, 0) is 11.3 Å². The quantitative estimate of drug-likeness (QED) is 0.779. The second kappa shape index (κ2) is 7.46. The van der Waals surface area contributed by atoms with Gasteiger partial charge in [0.2, 0.25) is 5.91 Å². The largest absolute Gasteiger partial charge is 0.369 e. The molecule has 150 valence electrons. The Kier molecular flexibility index (Phi) is 5.01. The van der Waals surface area contributed by atoms with Crippen molar-refractivity contribution in [3.05, 3.63) is 34.9 Å². The van der Waals surface area contributed by atoms with Crippen molar-refractivity contribution in [2.45, 2.75) is 25.4 Å². The van der Waals surface area contributed by atoms with Crippen molar-refractivity contribution >= 4 is 22.5 Å². The van der Waals surface area contributed by atoms with E-state index in [0.29, 0.717) is 10.9 Å². The van der Waals surface area contributed by atoms with Crippen LogP contribution in [0.25, 0.3) is 10.9 Å². The summed E-state index contributed by atoms with van der Waals surface area (Å²) in [6.45, 7) is 3.31. The molecule has 9 heteroatoms. The number of fused-ring (bicyclic) bond motifs is 1. The van der Waals surface area contributed by atoms with Crippen molar-refractivity contribution in [2.75, 3.05) is 44.7 Å².